The van der Waals surface area contributed by atoms with Crippen LogP contribution < -0.4 is 9.64 Å². The lowest BCUT2D eigenvalue weighted by Gasteiger charge is -2.25. The van der Waals surface area contributed by atoms with Gasteiger partial charge < -0.3 is 19.6 Å². The van der Waals surface area contributed by atoms with Crippen LogP contribution in [0.5, 0.6) is 5.75 Å². The van der Waals surface area contributed by atoms with Gasteiger partial charge in [-0.25, -0.2) is 4.39 Å². The highest BCUT2D eigenvalue weighted by Gasteiger charge is 2.45. The van der Waals surface area contributed by atoms with Crippen molar-refractivity contribution in [1.82, 2.24) is 4.90 Å². The molecule has 3 rings (SSSR count). The first-order valence-electron chi connectivity index (χ1n) is 10.2. The third-order valence-electron chi connectivity index (χ3n) is 5.47. The van der Waals surface area contributed by atoms with Crippen LogP contribution in [0, 0.1) is 12.7 Å². The number of ketones is 1. The van der Waals surface area contributed by atoms with Crippen molar-refractivity contribution in [3.63, 3.8) is 0 Å². The minimum atomic E-state index is -0.778. The molecule has 1 saturated heterocycles. The molecule has 0 aromatic heterocycles. The summed E-state index contributed by atoms with van der Waals surface area (Å²) in [5.41, 5.74) is 1.79. The van der Waals surface area contributed by atoms with Crippen molar-refractivity contribution in [2.75, 3.05) is 34.3 Å². The van der Waals surface area contributed by atoms with E-state index in [0.717, 1.165) is 12.1 Å². The average molecular weight is 427 g/mol. The number of aliphatic hydroxyl groups excluding tert-OH is 1. The second-order valence-electron chi connectivity index (χ2n) is 8.04. The number of quaternary nitrogens is 1. The molecule has 1 atom stereocenters. The fraction of sp³-hybridized carbons (Fsp3) is 0.333. The highest BCUT2D eigenvalue weighted by molar-refractivity contribution is 6.46. The second-order valence-corrected chi connectivity index (χ2v) is 8.04. The number of nitrogens with one attached hydrogen (secondary N) is 1. The van der Waals surface area contributed by atoms with Gasteiger partial charge in [-0.15, -0.1) is 0 Å². The normalized spacial score (nSPS) is 18.1. The first-order chi connectivity index (χ1) is 14.7. The molecule has 1 amide bonds. The van der Waals surface area contributed by atoms with Crippen LogP contribution in [0.3, 0.4) is 0 Å². The molecule has 6 nitrogen and oxygen atoms in total. The second kappa shape index (κ2) is 9.31. The number of hydrogen-bond donors (Lipinski definition) is 2. The van der Waals surface area contributed by atoms with Gasteiger partial charge in [0.25, 0.3) is 11.7 Å². The summed E-state index contributed by atoms with van der Waals surface area (Å²) in [7, 11) is 5.58. The van der Waals surface area contributed by atoms with Crippen LogP contribution in [0.2, 0.25) is 0 Å². The number of amides is 1. The Hall–Kier alpha value is -3.19. The van der Waals surface area contributed by atoms with Gasteiger partial charge in [-0.05, 0) is 48.4 Å². The minimum absolute atomic E-state index is 0.0124. The average Bonchev–Trinajstić information content (AvgIpc) is 2.98. The minimum Gasteiger partial charge on any atom is -0.507 e. The van der Waals surface area contributed by atoms with E-state index in [1.54, 1.807) is 37.4 Å². The standard InChI is InChI=1S/C24H27FN2O4/c1-15-14-17(8-11-19(15)31-4)22(28)20-21(16-6-9-18(25)10-7-16)27(24(30)23(20)29)13-5-12-26(2)3/h6-11,14,21,28H,5,12-13H2,1-4H3/p+1/b22-20+/t21-/m1/s1. The smallest absolute Gasteiger partial charge is 0.295 e. The van der Waals surface area contributed by atoms with E-state index in [2.05, 4.69) is 0 Å². The van der Waals surface area contributed by atoms with Crippen LogP contribution >= 0.6 is 0 Å². The van der Waals surface area contributed by atoms with E-state index in [0.29, 0.717) is 29.8 Å². The Bertz CT molecular complexity index is 1010. The molecule has 7 heteroatoms. The SMILES string of the molecule is COc1ccc(/C(O)=C2\C(=O)C(=O)N(CCC[NH+](C)C)[C@@H]2c2ccc(F)cc2)cc1C. The highest BCUT2D eigenvalue weighted by Crippen LogP contribution is 2.39. The van der Waals surface area contributed by atoms with Gasteiger partial charge in [0.2, 0.25) is 0 Å². The number of carbonyl (C=O) groups excluding carboxylic acids is 2. The maximum atomic E-state index is 13.5. The van der Waals surface area contributed by atoms with Crippen molar-refractivity contribution >= 4 is 17.4 Å². The van der Waals surface area contributed by atoms with Gasteiger partial charge in [0.15, 0.2) is 0 Å². The molecule has 1 heterocycles. The Morgan fingerprint density at radius 3 is 2.42 bits per heavy atom. The Morgan fingerprint density at radius 1 is 1.16 bits per heavy atom. The number of likely N-dealkylation sites (tertiary alicyclic amines) is 1. The monoisotopic (exact) mass is 427 g/mol. The molecule has 2 N–H and O–H groups in total. The molecule has 1 aliphatic rings. The Balaban J connectivity index is 2.10. The molecule has 0 saturated carbocycles. The third kappa shape index (κ3) is 4.61. The zero-order chi connectivity index (χ0) is 22.7. The summed E-state index contributed by atoms with van der Waals surface area (Å²) in [6.07, 6.45) is 0.689. The van der Waals surface area contributed by atoms with Gasteiger partial charge in [-0.3, -0.25) is 9.59 Å². The van der Waals surface area contributed by atoms with Gasteiger partial charge in [-0.2, -0.15) is 0 Å². The Kier molecular flexibility index (Phi) is 6.75. The van der Waals surface area contributed by atoms with E-state index < -0.39 is 23.5 Å². The van der Waals surface area contributed by atoms with E-state index in [4.69, 9.17) is 4.74 Å². The van der Waals surface area contributed by atoms with Crippen LogP contribution in [0.4, 0.5) is 4.39 Å². The lowest BCUT2D eigenvalue weighted by atomic mass is 9.94. The summed E-state index contributed by atoms with van der Waals surface area (Å²) >= 11 is 0. The predicted octanol–water partition coefficient (Wildman–Crippen LogP) is 2.10. The van der Waals surface area contributed by atoms with Gasteiger partial charge in [-0.1, -0.05) is 12.1 Å². The number of hydrogen-bond acceptors (Lipinski definition) is 4. The van der Waals surface area contributed by atoms with Crippen LogP contribution in [0.15, 0.2) is 48.0 Å². The zero-order valence-corrected chi connectivity index (χ0v) is 18.2. The molecule has 2 aromatic carbocycles. The zero-order valence-electron chi connectivity index (χ0n) is 18.2. The van der Waals surface area contributed by atoms with Crippen molar-refractivity contribution in [2.24, 2.45) is 0 Å². The molecular formula is C24H28FN2O4+. The first kappa shape index (κ1) is 22.5. The molecule has 0 radical (unpaired) electrons. The molecular weight excluding hydrogens is 399 g/mol. The molecule has 2 aromatic rings. The van der Waals surface area contributed by atoms with Crippen LogP contribution in [0.1, 0.15) is 29.2 Å². The van der Waals surface area contributed by atoms with Crippen LogP contribution in [-0.4, -0.2) is 56.0 Å². The van der Waals surface area contributed by atoms with E-state index in [1.165, 1.54) is 21.9 Å². The number of aryl methyl sites for hydroxylation is 1. The quantitative estimate of drug-likeness (QED) is 0.403. The molecule has 164 valence electrons. The van der Waals surface area contributed by atoms with E-state index >= 15 is 0 Å². The van der Waals surface area contributed by atoms with E-state index in [9.17, 15) is 19.1 Å². The predicted molar refractivity (Wildman–Crippen MR) is 115 cm³/mol. The highest BCUT2D eigenvalue weighted by atomic mass is 19.1. The maximum Gasteiger partial charge on any atom is 0.295 e. The summed E-state index contributed by atoms with van der Waals surface area (Å²) < 4.78 is 18.8. The number of methoxy groups -OCH3 is 1. The fourth-order valence-electron chi connectivity index (χ4n) is 3.89. The van der Waals surface area contributed by atoms with Crippen molar-refractivity contribution in [1.29, 1.82) is 0 Å². The molecule has 1 aliphatic heterocycles. The number of carbonyl (C=O) groups is 2. The van der Waals surface area contributed by atoms with Gasteiger partial charge >= 0.3 is 0 Å². The van der Waals surface area contributed by atoms with Crippen LogP contribution in [0.25, 0.3) is 5.76 Å². The van der Waals surface area contributed by atoms with Gasteiger partial charge in [0, 0.05) is 18.5 Å². The fourth-order valence-corrected chi connectivity index (χ4v) is 3.89. The number of halogens is 1. The number of benzene rings is 2. The van der Waals surface area contributed by atoms with Crippen molar-refractivity contribution in [3.05, 3.63) is 70.5 Å². The summed E-state index contributed by atoms with van der Waals surface area (Å²) in [5.74, 6) is -1.41. The molecule has 0 aliphatic carbocycles. The van der Waals surface area contributed by atoms with Crippen molar-refractivity contribution in [3.8, 4) is 5.75 Å². The molecule has 1 fully saturated rings. The largest absolute Gasteiger partial charge is 0.507 e. The lowest BCUT2D eigenvalue weighted by molar-refractivity contribution is -0.858. The molecule has 0 unspecified atom stereocenters. The lowest BCUT2D eigenvalue weighted by Crippen LogP contribution is -3.05. The maximum absolute atomic E-state index is 13.5. The van der Waals surface area contributed by atoms with Gasteiger partial charge in [0.1, 0.15) is 17.3 Å². The Morgan fingerprint density at radius 2 is 1.84 bits per heavy atom. The Labute approximate surface area is 181 Å². The van der Waals surface area contributed by atoms with Gasteiger partial charge in [0.05, 0.1) is 39.4 Å². The number of nitrogens with zero attached hydrogens (tertiary/aromatic N) is 1. The van der Waals surface area contributed by atoms with E-state index in [1.807, 2.05) is 21.0 Å². The summed E-state index contributed by atoms with van der Waals surface area (Å²) in [4.78, 5) is 28.5. The number of Topliss-reactive ketones (excluding diaryl/α,β-unsaturated/α-hetero) is 1. The number of rotatable bonds is 7. The summed E-state index contributed by atoms with van der Waals surface area (Å²) in [6, 6.07) is 9.94. The first-order valence-corrected chi connectivity index (χ1v) is 10.2. The molecule has 0 bridgehead atoms. The molecule has 31 heavy (non-hydrogen) atoms. The topological polar surface area (TPSA) is 71.3 Å². The number of ether oxygens (including phenoxy) is 1. The summed E-state index contributed by atoms with van der Waals surface area (Å²) in [6.45, 7) is 3.00. The molecule has 0 spiro atoms. The van der Waals surface area contributed by atoms with Crippen molar-refractivity contribution < 1.29 is 28.7 Å². The van der Waals surface area contributed by atoms with Crippen LogP contribution in [-0.2, 0) is 9.59 Å². The summed E-state index contributed by atoms with van der Waals surface area (Å²) in [5, 5.41) is 11.1. The van der Waals surface area contributed by atoms with Crippen molar-refractivity contribution in [2.45, 2.75) is 19.4 Å². The third-order valence-corrected chi connectivity index (χ3v) is 5.47. The number of aliphatic hydroxyl groups is 1. The van der Waals surface area contributed by atoms with E-state index in [-0.39, 0.29) is 11.3 Å².